The standard InChI is InChI=1S/C9H14N2O.C7H12N2O.2C6H10N2O/c1-9(2,3)8-10-6-5-7(11-8)12-4;1-5-8-6(9-10-5)7(2,3)4;1-6(2,3)5-7-4-9-8-5;1-6(2,3)5-7-4-8-9-5/h5-6H,1-4H3;1-4H3;2*4H,1-3H3. The van der Waals surface area contributed by atoms with Crippen LogP contribution in [0.25, 0.3) is 0 Å². The molecular formula is C28H46N8O4. The molecule has 0 spiro atoms. The molecule has 4 rings (SSSR count). The lowest BCUT2D eigenvalue weighted by atomic mass is 9.96. The normalized spacial score (nSPS) is 11.8. The topological polar surface area (TPSA) is 152 Å². The zero-order valence-electron chi connectivity index (χ0n) is 26.5. The van der Waals surface area contributed by atoms with E-state index in [1.54, 1.807) is 26.3 Å². The van der Waals surface area contributed by atoms with Gasteiger partial charge in [0.25, 0.3) is 0 Å². The van der Waals surface area contributed by atoms with Crippen molar-refractivity contribution < 1.29 is 18.3 Å². The third-order valence-corrected chi connectivity index (χ3v) is 4.74. The summed E-state index contributed by atoms with van der Waals surface area (Å²) >= 11 is 0. The van der Waals surface area contributed by atoms with Crippen LogP contribution in [-0.2, 0) is 21.7 Å². The molecule has 0 saturated heterocycles. The second-order valence-electron chi connectivity index (χ2n) is 13.1. The number of methoxy groups -OCH3 is 1. The number of nitrogens with zero attached hydrogens (tertiary/aromatic N) is 8. The molecule has 0 aromatic carbocycles. The molecule has 0 atom stereocenters. The molecule has 0 amide bonds. The Balaban J connectivity index is 0.000000269. The van der Waals surface area contributed by atoms with E-state index < -0.39 is 0 Å². The van der Waals surface area contributed by atoms with Gasteiger partial charge < -0.3 is 18.3 Å². The van der Waals surface area contributed by atoms with Crippen LogP contribution in [0.4, 0.5) is 0 Å². The molecule has 222 valence electrons. The highest BCUT2D eigenvalue weighted by atomic mass is 16.5. The first-order valence-electron chi connectivity index (χ1n) is 13.0. The van der Waals surface area contributed by atoms with Crippen LogP contribution < -0.4 is 4.74 Å². The lowest BCUT2D eigenvalue weighted by Gasteiger charge is -2.16. The van der Waals surface area contributed by atoms with Gasteiger partial charge in [-0.05, 0) is 0 Å². The molecule has 4 aromatic heterocycles. The molecule has 12 nitrogen and oxygen atoms in total. The largest absolute Gasteiger partial charge is 0.481 e. The van der Waals surface area contributed by atoms with E-state index in [4.69, 9.17) is 13.8 Å². The van der Waals surface area contributed by atoms with Crippen molar-refractivity contribution in [2.24, 2.45) is 0 Å². The summed E-state index contributed by atoms with van der Waals surface area (Å²) in [6.07, 6.45) is 4.48. The quantitative estimate of drug-likeness (QED) is 0.262. The summed E-state index contributed by atoms with van der Waals surface area (Å²) in [4.78, 5) is 20.3. The number of hydrogen-bond acceptors (Lipinski definition) is 12. The van der Waals surface area contributed by atoms with Crippen molar-refractivity contribution in [1.29, 1.82) is 0 Å². The number of aromatic nitrogens is 8. The molecule has 4 aromatic rings. The van der Waals surface area contributed by atoms with Crippen molar-refractivity contribution in [3.63, 3.8) is 0 Å². The lowest BCUT2D eigenvalue weighted by Crippen LogP contribution is -2.15. The van der Waals surface area contributed by atoms with Gasteiger partial charge in [-0.3, -0.25) is 0 Å². The molecule has 0 aliphatic carbocycles. The highest BCUT2D eigenvalue weighted by Crippen LogP contribution is 2.20. The Morgan fingerprint density at radius 3 is 1.55 bits per heavy atom. The molecule has 4 heterocycles. The van der Waals surface area contributed by atoms with E-state index in [2.05, 4.69) is 86.5 Å². The fourth-order valence-corrected chi connectivity index (χ4v) is 2.43. The third kappa shape index (κ3) is 12.4. The predicted molar refractivity (Wildman–Crippen MR) is 151 cm³/mol. The van der Waals surface area contributed by atoms with Crippen LogP contribution in [0.5, 0.6) is 5.88 Å². The average Bonchev–Trinajstić information content (AvgIpc) is 3.61. The zero-order chi connectivity index (χ0) is 30.8. The fraction of sp³-hybridized carbons (Fsp3) is 0.643. The van der Waals surface area contributed by atoms with Gasteiger partial charge in [-0.2, -0.15) is 19.9 Å². The second-order valence-corrected chi connectivity index (χ2v) is 13.1. The van der Waals surface area contributed by atoms with Crippen LogP contribution in [0.2, 0.25) is 0 Å². The fourth-order valence-electron chi connectivity index (χ4n) is 2.43. The Bertz CT molecular complexity index is 1180. The van der Waals surface area contributed by atoms with E-state index in [1.165, 1.54) is 12.7 Å². The molecule has 0 N–H and O–H groups in total. The monoisotopic (exact) mass is 558 g/mol. The lowest BCUT2D eigenvalue weighted by molar-refractivity contribution is 0.320. The van der Waals surface area contributed by atoms with Crippen LogP contribution in [-0.4, -0.2) is 47.5 Å². The molecule has 0 aliphatic rings. The van der Waals surface area contributed by atoms with Gasteiger partial charge in [0.15, 0.2) is 18.0 Å². The van der Waals surface area contributed by atoms with Gasteiger partial charge in [-0.25, -0.2) is 4.98 Å². The van der Waals surface area contributed by atoms with E-state index in [0.29, 0.717) is 17.7 Å². The maximum Gasteiger partial charge on any atom is 0.231 e. The minimum absolute atomic E-state index is 0.00222. The predicted octanol–water partition coefficient (Wildman–Crippen LogP) is 6.19. The van der Waals surface area contributed by atoms with Crippen molar-refractivity contribution in [3.8, 4) is 5.88 Å². The number of rotatable bonds is 1. The summed E-state index contributed by atoms with van der Waals surface area (Å²) in [5.74, 6) is 4.26. The van der Waals surface area contributed by atoms with Gasteiger partial charge in [0.05, 0.1) is 7.11 Å². The van der Waals surface area contributed by atoms with Crippen molar-refractivity contribution in [2.75, 3.05) is 7.11 Å². The number of hydrogen-bond donors (Lipinski definition) is 0. The van der Waals surface area contributed by atoms with Crippen LogP contribution in [0, 0.1) is 6.92 Å². The van der Waals surface area contributed by atoms with Crippen LogP contribution in [0.3, 0.4) is 0 Å². The molecule has 0 fully saturated rings. The van der Waals surface area contributed by atoms with Gasteiger partial charge >= 0.3 is 0 Å². The van der Waals surface area contributed by atoms with Gasteiger partial charge in [-0.1, -0.05) is 98.6 Å². The average molecular weight is 559 g/mol. The summed E-state index contributed by atoms with van der Waals surface area (Å²) in [6.45, 7) is 26.4. The van der Waals surface area contributed by atoms with Crippen LogP contribution in [0.1, 0.15) is 112 Å². The summed E-state index contributed by atoms with van der Waals surface area (Å²) in [5.41, 5.74) is -0.0319. The van der Waals surface area contributed by atoms with Crippen molar-refractivity contribution in [3.05, 3.63) is 54.2 Å². The zero-order valence-corrected chi connectivity index (χ0v) is 26.5. The Labute approximate surface area is 237 Å². The first-order valence-corrected chi connectivity index (χ1v) is 13.0. The van der Waals surface area contributed by atoms with Gasteiger partial charge in [0.2, 0.25) is 24.1 Å². The van der Waals surface area contributed by atoms with Gasteiger partial charge in [0, 0.05) is 40.8 Å². The van der Waals surface area contributed by atoms with E-state index >= 15 is 0 Å². The van der Waals surface area contributed by atoms with Crippen molar-refractivity contribution in [1.82, 2.24) is 40.4 Å². The molecule has 0 unspecified atom stereocenters. The molecule has 40 heavy (non-hydrogen) atoms. The summed E-state index contributed by atoms with van der Waals surface area (Å²) in [6, 6.07) is 1.75. The number of aryl methyl sites for hydroxylation is 1. The minimum atomic E-state index is -0.0193. The number of ether oxygens (including phenoxy) is 1. The summed E-state index contributed by atoms with van der Waals surface area (Å²) in [7, 11) is 1.61. The SMILES string of the molecule is CC(C)(C)c1ncno1.CC(C)(C)c1ncon1.COc1ccnc(C(C)(C)C)n1.Cc1nc(C(C)(C)C)no1. The Hall–Kier alpha value is -3.70. The minimum Gasteiger partial charge on any atom is -0.481 e. The van der Waals surface area contributed by atoms with E-state index in [9.17, 15) is 0 Å². The van der Waals surface area contributed by atoms with Gasteiger partial charge in [0.1, 0.15) is 5.82 Å². The van der Waals surface area contributed by atoms with E-state index in [0.717, 1.165) is 17.5 Å². The molecule has 0 aliphatic heterocycles. The smallest absolute Gasteiger partial charge is 0.231 e. The Morgan fingerprint density at radius 1 is 0.650 bits per heavy atom. The summed E-state index contributed by atoms with van der Waals surface area (Å²) in [5, 5.41) is 11.0. The Kier molecular flexibility index (Phi) is 12.1. The van der Waals surface area contributed by atoms with Crippen molar-refractivity contribution in [2.45, 2.75) is 112 Å². The molecular weight excluding hydrogens is 512 g/mol. The van der Waals surface area contributed by atoms with Crippen molar-refractivity contribution >= 4 is 0 Å². The van der Waals surface area contributed by atoms with Crippen LogP contribution in [0.15, 0.2) is 38.6 Å². The molecule has 0 radical (unpaired) electrons. The highest BCUT2D eigenvalue weighted by molar-refractivity contribution is 5.12. The maximum absolute atomic E-state index is 5.00. The van der Waals surface area contributed by atoms with E-state index in [1.807, 2.05) is 41.5 Å². The molecule has 0 saturated carbocycles. The second kappa shape index (κ2) is 14.1. The molecule has 0 bridgehead atoms. The van der Waals surface area contributed by atoms with E-state index in [-0.39, 0.29) is 21.7 Å². The maximum atomic E-state index is 5.00. The highest BCUT2D eigenvalue weighted by Gasteiger charge is 2.20. The van der Waals surface area contributed by atoms with Gasteiger partial charge in [-0.15, -0.1) is 0 Å². The molecule has 12 heteroatoms. The first kappa shape index (κ1) is 34.3. The first-order chi connectivity index (χ1) is 18.2. The summed E-state index contributed by atoms with van der Waals surface area (Å²) < 4.78 is 19.2. The third-order valence-electron chi connectivity index (χ3n) is 4.74. The van der Waals surface area contributed by atoms with Crippen LogP contribution >= 0.6 is 0 Å². The Morgan fingerprint density at radius 2 is 1.25 bits per heavy atom.